The summed E-state index contributed by atoms with van der Waals surface area (Å²) in [5.74, 6) is -0.612. The Kier molecular flexibility index (Phi) is 6.01. The summed E-state index contributed by atoms with van der Waals surface area (Å²) in [6, 6.07) is 11.8. The number of anilines is 1. The lowest BCUT2D eigenvalue weighted by Crippen LogP contribution is -2.18. The average molecular weight is 493 g/mol. The number of hydrogen-bond acceptors (Lipinski definition) is 4. The molecule has 1 aliphatic rings. The van der Waals surface area contributed by atoms with Crippen LogP contribution >= 0.6 is 34.8 Å². The molecule has 166 valence electrons. The van der Waals surface area contributed by atoms with Crippen molar-refractivity contribution in [1.82, 2.24) is 0 Å². The van der Waals surface area contributed by atoms with Gasteiger partial charge in [-0.2, -0.15) is 0 Å². The number of ketones is 1. The van der Waals surface area contributed by atoms with Crippen molar-refractivity contribution in [3.05, 3.63) is 69.4 Å². The predicted molar refractivity (Wildman–Crippen MR) is 127 cm³/mol. The van der Waals surface area contributed by atoms with E-state index in [-0.39, 0.29) is 33.4 Å². The Morgan fingerprint density at radius 1 is 1.16 bits per heavy atom. The third kappa shape index (κ3) is 4.01. The summed E-state index contributed by atoms with van der Waals surface area (Å²) < 4.78 is 11.1. The number of ether oxygens (including phenoxy) is 1. The molecule has 0 bridgehead atoms. The van der Waals surface area contributed by atoms with Crippen LogP contribution in [-0.2, 0) is 4.79 Å². The van der Waals surface area contributed by atoms with Crippen molar-refractivity contribution in [2.75, 3.05) is 12.4 Å². The number of furan rings is 1. The highest BCUT2D eigenvalue weighted by molar-refractivity contribution is 6.55. The van der Waals surface area contributed by atoms with E-state index in [9.17, 15) is 9.59 Å². The number of methoxy groups -OCH3 is 1. The molecular formula is C24H20Cl3NO4. The van der Waals surface area contributed by atoms with Gasteiger partial charge in [-0.25, -0.2) is 0 Å². The lowest BCUT2D eigenvalue weighted by Gasteiger charge is -2.08. The highest BCUT2D eigenvalue weighted by Crippen LogP contribution is 2.60. The van der Waals surface area contributed by atoms with Gasteiger partial charge in [0.15, 0.2) is 5.76 Å². The summed E-state index contributed by atoms with van der Waals surface area (Å²) in [4.78, 5) is 26.5. The van der Waals surface area contributed by atoms with Crippen molar-refractivity contribution in [3.63, 3.8) is 0 Å². The summed E-state index contributed by atoms with van der Waals surface area (Å²) in [6.07, 6.45) is 1.67. The second kappa shape index (κ2) is 8.47. The molecule has 2 aromatic carbocycles. The Labute approximate surface area is 200 Å². The van der Waals surface area contributed by atoms with Gasteiger partial charge >= 0.3 is 0 Å². The molecule has 1 aliphatic carbocycles. The Balaban J connectivity index is 1.71. The highest BCUT2D eigenvalue weighted by Gasteiger charge is 2.60. The Morgan fingerprint density at radius 2 is 1.88 bits per heavy atom. The van der Waals surface area contributed by atoms with Crippen LogP contribution in [0.2, 0.25) is 5.02 Å². The van der Waals surface area contributed by atoms with Crippen molar-refractivity contribution in [2.45, 2.75) is 13.8 Å². The number of allylic oxidation sites excluding steroid dienone is 1. The van der Waals surface area contributed by atoms with Crippen molar-refractivity contribution >= 4 is 63.1 Å². The summed E-state index contributed by atoms with van der Waals surface area (Å²) in [5, 5.41) is 3.84. The molecular weight excluding hydrogens is 473 g/mol. The maximum Gasteiger partial charge on any atom is 0.230 e. The molecule has 32 heavy (non-hydrogen) atoms. The fraction of sp³-hybridized carbons (Fsp3) is 0.250. The second-order valence-electron chi connectivity index (χ2n) is 8.25. The van der Waals surface area contributed by atoms with E-state index in [4.69, 9.17) is 44.0 Å². The summed E-state index contributed by atoms with van der Waals surface area (Å²) in [7, 11) is 1.49. The number of halogens is 3. The van der Waals surface area contributed by atoms with Gasteiger partial charge in [-0.15, -0.1) is 0 Å². The zero-order valence-electron chi connectivity index (χ0n) is 17.5. The monoisotopic (exact) mass is 491 g/mol. The molecule has 1 saturated carbocycles. The molecule has 3 aromatic rings. The summed E-state index contributed by atoms with van der Waals surface area (Å²) in [6.45, 7) is 3.93. The number of para-hydroxylation sites is 1. The number of amides is 1. The number of rotatable bonds is 6. The molecule has 0 radical (unpaired) electrons. The van der Waals surface area contributed by atoms with Crippen LogP contribution in [0.5, 0.6) is 5.75 Å². The Hall–Kier alpha value is -2.47. The second-order valence-corrected chi connectivity index (χ2v) is 9.67. The predicted octanol–water partition coefficient (Wildman–Crippen LogP) is 6.86. The normalized spacial score (nSPS) is 18.8. The standard InChI is InChI=1S/C24H20Cl3NO4/c1-24(2)14(11-18(26)27)19(24)23(30)28-20-13-6-4-5-7-16(13)32-22(20)21(29)12-8-9-17(31-3)15(25)10-12/h4-11,14,19H,1-3H3,(H,28,30). The van der Waals surface area contributed by atoms with Crippen LogP contribution in [0.15, 0.2) is 57.4 Å². The Morgan fingerprint density at radius 3 is 2.53 bits per heavy atom. The van der Waals surface area contributed by atoms with Crippen LogP contribution in [0.25, 0.3) is 11.0 Å². The first-order valence-corrected chi connectivity index (χ1v) is 11.0. The molecule has 1 amide bonds. The van der Waals surface area contributed by atoms with Gasteiger partial charge in [0.1, 0.15) is 15.8 Å². The number of carbonyl (C=O) groups is 2. The van der Waals surface area contributed by atoms with E-state index < -0.39 is 5.78 Å². The molecule has 0 aliphatic heterocycles. The van der Waals surface area contributed by atoms with Crippen LogP contribution in [0.3, 0.4) is 0 Å². The molecule has 8 heteroatoms. The van der Waals surface area contributed by atoms with Gasteiger partial charge in [-0.05, 0) is 47.7 Å². The van der Waals surface area contributed by atoms with Gasteiger partial charge in [-0.3, -0.25) is 9.59 Å². The molecule has 1 aromatic heterocycles. The maximum atomic E-state index is 13.3. The largest absolute Gasteiger partial charge is 0.495 e. The molecule has 2 atom stereocenters. The van der Waals surface area contributed by atoms with E-state index in [1.165, 1.54) is 13.2 Å². The van der Waals surface area contributed by atoms with E-state index in [1.807, 2.05) is 19.9 Å². The molecule has 5 nitrogen and oxygen atoms in total. The molecule has 1 N–H and O–H groups in total. The van der Waals surface area contributed by atoms with Crippen LogP contribution in [0.1, 0.15) is 30.0 Å². The average Bonchev–Trinajstić information content (AvgIpc) is 3.10. The molecule has 0 saturated heterocycles. The fourth-order valence-corrected chi connectivity index (χ4v) is 4.62. The lowest BCUT2D eigenvalue weighted by molar-refractivity contribution is -0.118. The van der Waals surface area contributed by atoms with E-state index >= 15 is 0 Å². The minimum Gasteiger partial charge on any atom is -0.495 e. The molecule has 1 fully saturated rings. The fourth-order valence-electron chi connectivity index (χ4n) is 4.09. The first-order chi connectivity index (χ1) is 15.1. The SMILES string of the molecule is COc1ccc(C(=O)c2oc3ccccc3c2NC(=O)C2C(C=C(Cl)Cl)C2(C)C)cc1Cl. The molecule has 1 heterocycles. The minimum atomic E-state index is -0.406. The zero-order chi connectivity index (χ0) is 23.2. The molecule has 4 rings (SSSR count). The maximum absolute atomic E-state index is 13.3. The van der Waals surface area contributed by atoms with E-state index in [0.29, 0.717) is 33.0 Å². The Bertz CT molecular complexity index is 1260. The van der Waals surface area contributed by atoms with Crippen LogP contribution in [0.4, 0.5) is 5.69 Å². The molecule has 2 unspecified atom stereocenters. The quantitative estimate of drug-likeness (QED) is 0.382. The molecule has 0 spiro atoms. The third-order valence-corrected chi connectivity index (χ3v) is 6.51. The van der Waals surface area contributed by atoms with Crippen molar-refractivity contribution in [2.24, 2.45) is 17.3 Å². The van der Waals surface area contributed by atoms with E-state index in [2.05, 4.69) is 5.32 Å². The van der Waals surface area contributed by atoms with Gasteiger partial charge in [0, 0.05) is 10.9 Å². The number of nitrogens with one attached hydrogen (secondary N) is 1. The smallest absolute Gasteiger partial charge is 0.230 e. The van der Waals surface area contributed by atoms with Crippen LogP contribution in [-0.4, -0.2) is 18.8 Å². The summed E-state index contributed by atoms with van der Waals surface area (Å²) >= 11 is 17.8. The van der Waals surface area contributed by atoms with Gasteiger partial charge in [0.25, 0.3) is 0 Å². The number of carbonyl (C=O) groups excluding carboxylic acids is 2. The topological polar surface area (TPSA) is 68.5 Å². The summed E-state index contributed by atoms with van der Waals surface area (Å²) in [5.41, 5.74) is 0.810. The van der Waals surface area contributed by atoms with Crippen LogP contribution in [0, 0.1) is 17.3 Å². The first-order valence-electron chi connectivity index (χ1n) is 9.88. The lowest BCUT2D eigenvalue weighted by atomic mass is 10.1. The van der Waals surface area contributed by atoms with Gasteiger partial charge in [0.2, 0.25) is 11.7 Å². The minimum absolute atomic E-state index is 0.0294. The highest BCUT2D eigenvalue weighted by atomic mass is 35.5. The van der Waals surface area contributed by atoms with Gasteiger partial charge in [0.05, 0.1) is 23.7 Å². The van der Waals surface area contributed by atoms with E-state index in [1.54, 1.807) is 36.4 Å². The van der Waals surface area contributed by atoms with Crippen molar-refractivity contribution in [3.8, 4) is 5.75 Å². The number of hydrogen-bond donors (Lipinski definition) is 1. The van der Waals surface area contributed by atoms with Gasteiger partial charge < -0.3 is 14.5 Å². The zero-order valence-corrected chi connectivity index (χ0v) is 19.8. The van der Waals surface area contributed by atoms with Gasteiger partial charge in [-0.1, -0.05) is 60.8 Å². The number of benzene rings is 2. The van der Waals surface area contributed by atoms with Crippen molar-refractivity contribution < 1.29 is 18.7 Å². The van der Waals surface area contributed by atoms with Crippen molar-refractivity contribution in [1.29, 1.82) is 0 Å². The third-order valence-electron chi connectivity index (χ3n) is 5.96. The van der Waals surface area contributed by atoms with Crippen LogP contribution < -0.4 is 10.1 Å². The first kappa shape index (κ1) is 22.7. The van der Waals surface area contributed by atoms with E-state index in [0.717, 1.165) is 0 Å². The number of fused-ring (bicyclic) bond motifs is 1.